The number of fused-ring (bicyclic) bond motifs is 1. The second-order valence-corrected chi connectivity index (χ2v) is 6.47. The lowest BCUT2D eigenvalue weighted by molar-refractivity contribution is -0.134. The van der Waals surface area contributed by atoms with Crippen molar-refractivity contribution in [3.05, 3.63) is 42.4 Å². The topological polar surface area (TPSA) is 63.7 Å². The zero-order valence-corrected chi connectivity index (χ0v) is 14.2. The highest BCUT2D eigenvalue weighted by Gasteiger charge is 2.23. The van der Waals surface area contributed by atoms with Crippen LogP contribution in [-0.2, 0) is 29.2 Å². The lowest BCUT2D eigenvalue weighted by atomic mass is 10.1. The summed E-state index contributed by atoms with van der Waals surface area (Å²) >= 11 is 0. The number of carbonyl (C=O) groups excluding carboxylic acids is 1. The summed E-state index contributed by atoms with van der Waals surface area (Å²) in [6.45, 7) is 4.04. The number of carbonyl (C=O) groups is 1. The van der Waals surface area contributed by atoms with Crippen molar-refractivity contribution in [2.45, 2.75) is 19.6 Å². The summed E-state index contributed by atoms with van der Waals surface area (Å²) in [7, 11) is 3.48. The highest BCUT2D eigenvalue weighted by atomic mass is 16.5. The highest BCUT2D eigenvalue weighted by molar-refractivity contribution is 5.76. The van der Waals surface area contributed by atoms with E-state index < -0.39 is 0 Å². The Kier molecular flexibility index (Phi) is 5.32. The molecule has 0 aliphatic carbocycles. The number of likely N-dealkylation sites (N-methyl/N-ethyl adjacent to an activating group) is 1. The van der Waals surface area contributed by atoms with E-state index in [4.69, 9.17) is 9.15 Å². The number of imidazole rings is 1. The fraction of sp³-hybridized carbons (Fsp3) is 0.529. The molecule has 2 aromatic heterocycles. The number of furan rings is 1. The number of hydrogen-bond donors (Lipinski definition) is 0. The molecule has 0 spiro atoms. The minimum absolute atomic E-state index is 0.0119. The van der Waals surface area contributed by atoms with Gasteiger partial charge in [0.1, 0.15) is 12.4 Å². The van der Waals surface area contributed by atoms with Crippen molar-refractivity contribution in [2.75, 3.05) is 33.9 Å². The normalized spacial score (nSPS) is 18.2. The Morgan fingerprint density at radius 2 is 2.33 bits per heavy atom. The molecular weight excluding hydrogens is 308 g/mol. The van der Waals surface area contributed by atoms with Gasteiger partial charge in [0.05, 0.1) is 25.7 Å². The summed E-state index contributed by atoms with van der Waals surface area (Å²) in [5, 5.41) is 0. The summed E-state index contributed by atoms with van der Waals surface area (Å²) in [4.78, 5) is 20.0. The molecule has 3 rings (SSSR count). The van der Waals surface area contributed by atoms with Crippen LogP contribution < -0.4 is 0 Å². The van der Waals surface area contributed by atoms with Gasteiger partial charge in [-0.25, -0.2) is 4.98 Å². The quantitative estimate of drug-likeness (QED) is 0.796. The maximum absolute atomic E-state index is 11.7. The molecule has 1 atom stereocenters. The number of rotatable bonds is 6. The van der Waals surface area contributed by atoms with Gasteiger partial charge in [-0.1, -0.05) is 0 Å². The molecule has 2 aromatic rings. The molecule has 0 aromatic carbocycles. The number of ether oxygens (including phenoxy) is 1. The summed E-state index contributed by atoms with van der Waals surface area (Å²) in [6, 6.07) is 1.98. The third-order valence-corrected chi connectivity index (χ3v) is 4.20. The van der Waals surface area contributed by atoms with Gasteiger partial charge in [0.15, 0.2) is 0 Å². The monoisotopic (exact) mass is 332 g/mol. The lowest BCUT2D eigenvalue weighted by Gasteiger charge is -2.23. The molecule has 0 saturated carbocycles. The van der Waals surface area contributed by atoms with Crippen molar-refractivity contribution in [1.82, 2.24) is 19.4 Å². The van der Waals surface area contributed by atoms with Gasteiger partial charge < -0.3 is 18.6 Å². The van der Waals surface area contributed by atoms with Crippen molar-refractivity contribution in [3.63, 3.8) is 0 Å². The zero-order valence-electron chi connectivity index (χ0n) is 14.2. The van der Waals surface area contributed by atoms with Crippen molar-refractivity contribution < 1.29 is 13.9 Å². The fourth-order valence-electron chi connectivity index (χ4n) is 2.93. The van der Waals surface area contributed by atoms with Crippen LogP contribution in [-0.4, -0.2) is 59.1 Å². The average molecular weight is 332 g/mol. The van der Waals surface area contributed by atoms with E-state index in [1.165, 1.54) is 0 Å². The van der Waals surface area contributed by atoms with Crippen molar-refractivity contribution >= 4 is 5.91 Å². The Balaban J connectivity index is 1.62. The van der Waals surface area contributed by atoms with Crippen LogP contribution in [0.3, 0.4) is 0 Å². The van der Waals surface area contributed by atoms with E-state index in [2.05, 4.69) is 14.5 Å². The number of hydrogen-bond acceptors (Lipinski definition) is 5. The molecule has 3 heterocycles. The van der Waals surface area contributed by atoms with Crippen LogP contribution in [0, 0.1) is 5.92 Å². The minimum Gasteiger partial charge on any atom is -0.472 e. The molecule has 24 heavy (non-hydrogen) atoms. The summed E-state index contributed by atoms with van der Waals surface area (Å²) in [5.41, 5.74) is 1.15. The first-order chi connectivity index (χ1) is 11.6. The lowest BCUT2D eigenvalue weighted by Crippen LogP contribution is -2.32. The first-order valence-electron chi connectivity index (χ1n) is 8.13. The second kappa shape index (κ2) is 7.63. The fourth-order valence-corrected chi connectivity index (χ4v) is 2.93. The Morgan fingerprint density at radius 3 is 3.08 bits per heavy atom. The molecule has 7 nitrogen and oxygen atoms in total. The number of aromatic nitrogens is 2. The SMILES string of the molecule is CN(C)C(=O)COCC1CN(Cc2ccoc2)Cc2nccn2C1. The molecule has 0 bridgehead atoms. The van der Waals surface area contributed by atoms with E-state index in [9.17, 15) is 4.79 Å². The highest BCUT2D eigenvalue weighted by Crippen LogP contribution is 2.18. The van der Waals surface area contributed by atoms with Gasteiger partial charge in [-0.15, -0.1) is 0 Å². The van der Waals surface area contributed by atoms with Crippen LogP contribution in [0.15, 0.2) is 35.4 Å². The molecule has 0 saturated heterocycles. The van der Waals surface area contributed by atoms with Crippen LogP contribution in [0.4, 0.5) is 0 Å². The Labute approximate surface area is 141 Å². The van der Waals surface area contributed by atoms with E-state index in [1.54, 1.807) is 31.5 Å². The Hall–Kier alpha value is -2.12. The standard InChI is InChI=1S/C17H24N4O3/c1-19(2)17(22)13-24-12-15-8-20(7-14-3-6-23-11-14)10-16-18-4-5-21(16)9-15/h3-6,11,15H,7-10,12-13H2,1-2H3. The van der Waals surface area contributed by atoms with Crippen LogP contribution in [0.2, 0.25) is 0 Å². The molecule has 1 unspecified atom stereocenters. The van der Waals surface area contributed by atoms with Gasteiger partial charge in [0.25, 0.3) is 0 Å². The van der Waals surface area contributed by atoms with Crippen LogP contribution >= 0.6 is 0 Å². The van der Waals surface area contributed by atoms with Gasteiger partial charge in [0, 0.05) is 57.6 Å². The van der Waals surface area contributed by atoms with E-state index in [-0.39, 0.29) is 12.5 Å². The van der Waals surface area contributed by atoms with Crippen LogP contribution in [0.25, 0.3) is 0 Å². The average Bonchev–Trinajstić information content (AvgIpc) is 3.16. The molecule has 1 aliphatic heterocycles. The summed E-state index contributed by atoms with van der Waals surface area (Å²) in [6.07, 6.45) is 7.32. The van der Waals surface area contributed by atoms with Gasteiger partial charge in [-0.3, -0.25) is 9.69 Å². The van der Waals surface area contributed by atoms with Crippen molar-refractivity contribution in [1.29, 1.82) is 0 Å². The van der Waals surface area contributed by atoms with Crippen LogP contribution in [0.1, 0.15) is 11.4 Å². The predicted octanol–water partition coefficient (Wildman–Crippen LogP) is 1.21. The summed E-state index contributed by atoms with van der Waals surface area (Å²) in [5.74, 6) is 1.36. The van der Waals surface area contributed by atoms with Crippen LogP contribution in [0.5, 0.6) is 0 Å². The molecule has 0 radical (unpaired) electrons. The first-order valence-corrected chi connectivity index (χ1v) is 8.13. The van der Waals surface area contributed by atoms with Crippen molar-refractivity contribution in [3.8, 4) is 0 Å². The molecule has 130 valence electrons. The molecule has 0 N–H and O–H groups in total. The molecule has 1 amide bonds. The maximum atomic E-state index is 11.7. The molecule has 0 fully saturated rings. The van der Waals surface area contributed by atoms with E-state index in [0.29, 0.717) is 12.5 Å². The third kappa shape index (κ3) is 4.24. The smallest absolute Gasteiger partial charge is 0.248 e. The van der Waals surface area contributed by atoms with Gasteiger partial charge in [-0.05, 0) is 6.07 Å². The summed E-state index contributed by atoms with van der Waals surface area (Å²) < 4.78 is 13.0. The Bertz CT molecular complexity index is 651. The molecule has 1 aliphatic rings. The van der Waals surface area contributed by atoms with E-state index in [0.717, 1.165) is 37.6 Å². The molecular formula is C17H24N4O3. The largest absolute Gasteiger partial charge is 0.472 e. The second-order valence-electron chi connectivity index (χ2n) is 6.47. The van der Waals surface area contributed by atoms with E-state index >= 15 is 0 Å². The predicted molar refractivity (Wildman–Crippen MR) is 88.1 cm³/mol. The zero-order chi connectivity index (χ0) is 16.9. The Morgan fingerprint density at radius 1 is 1.46 bits per heavy atom. The van der Waals surface area contributed by atoms with Crippen molar-refractivity contribution in [2.24, 2.45) is 5.92 Å². The number of amides is 1. The van der Waals surface area contributed by atoms with Gasteiger partial charge >= 0.3 is 0 Å². The van der Waals surface area contributed by atoms with Gasteiger partial charge in [0.2, 0.25) is 5.91 Å². The first kappa shape index (κ1) is 16.7. The third-order valence-electron chi connectivity index (χ3n) is 4.20. The number of nitrogens with zero attached hydrogens (tertiary/aromatic N) is 4. The van der Waals surface area contributed by atoms with E-state index in [1.807, 2.05) is 18.5 Å². The van der Waals surface area contributed by atoms with Gasteiger partial charge in [-0.2, -0.15) is 0 Å². The molecule has 7 heteroatoms. The minimum atomic E-state index is -0.0119. The maximum Gasteiger partial charge on any atom is 0.248 e.